The summed E-state index contributed by atoms with van der Waals surface area (Å²) in [6, 6.07) is 9.23. The second-order valence-electron chi connectivity index (χ2n) is 5.62. The molecule has 136 valence electrons. The third-order valence-corrected chi connectivity index (χ3v) is 5.61. The highest BCUT2D eigenvalue weighted by atomic mass is 35.5. The Labute approximate surface area is 154 Å². The second kappa shape index (κ2) is 6.69. The van der Waals surface area contributed by atoms with Gasteiger partial charge in [-0.15, -0.1) is 0 Å². The van der Waals surface area contributed by atoms with Crippen molar-refractivity contribution >= 4 is 27.3 Å². The molecule has 0 saturated heterocycles. The van der Waals surface area contributed by atoms with Gasteiger partial charge in [0.2, 0.25) is 0 Å². The van der Waals surface area contributed by atoms with Crippen LogP contribution >= 0.6 is 11.6 Å². The highest BCUT2D eigenvalue weighted by Gasteiger charge is 2.26. The molecule has 3 aromatic rings. The number of nitrogens with zero attached hydrogens (tertiary/aromatic N) is 2. The van der Waals surface area contributed by atoms with Crippen LogP contribution in [0.15, 0.2) is 47.4 Å². The van der Waals surface area contributed by atoms with Gasteiger partial charge in [-0.05, 0) is 50.2 Å². The fraction of sp³-hybridized carbons (Fsp3) is 0.118. The maximum Gasteiger partial charge on any atom is 0.265 e. The predicted octanol–water partition coefficient (Wildman–Crippen LogP) is 4.22. The maximum atomic E-state index is 13.8. The number of nitrogens with one attached hydrogen (secondary N) is 1. The molecule has 2 aromatic carbocycles. The molecule has 0 bridgehead atoms. The van der Waals surface area contributed by atoms with Gasteiger partial charge in [-0.1, -0.05) is 11.6 Å². The molecule has 3 rings (SSSR count). The molecule has 0 spiro atoms. The van der Waals surface area contributed by atoms with Gasteiger partial charge in [-0.3, -0.25) is 4.72 Å². The van der Waals surface area contributed by atoms with Gasteiger partial charge < -0.3 is 0 Å². The molecule has 0 aliphatic carbocycles. The Morgan fingerprint density at radius 2 is 1.73 bits per heavy atom. The van der Waals surface area contributed by atoms with Gasteiger partial charge in [0.05, 0.1) is 22.8 Å². The molecule has 0 aliphatic rings. The molecule has 0 unspecified atom stereocenters. The van der Waals surface area contributed by atoms with Crippen molar-refractivity contribution in [2.24, 2.45) is 0 Å². The lowest BCUT2D eigenvalue weighted by molar-refractivity contribution is 0.593. The number of sulfonamides is 1. The van der Waals surface area contributed by atoms with E-state index in [4.69, 9.17) is 11.6 Å². The summed E-state index contributed by atoms with van der Waals surface area (Å²) >= 11 is 5.86. The standard InChI is InChI=1S/C17H14ClF2N3O2S/c1-10-17(11(2)23(21-10)14-6-3-12(18)4-7-14)26(24,25)22-16-9-13(19)5-8-15(16)20/h3-9,22H,1-2H3. The Kier molecular flexibility index (Phi) is 4.72. The van der Waals surface area contributed by atoms with Crippen molar-refractivity contribution in [1.82, 2.24) is 9.78 Å². The van der Waals surface area contributed by atoms with Crippen molar-refractivity contribution in [1.29, 1.82) is 0 Å². The van der Waals surface area contributed by atoms with E-state index in [1.165, 1.54) is 11.6 Å². The fourth-order valence-electron chi connectivity index (χ4n) is 2.62. The van der Waals surface area contributed by atoms with Crippen molar-refractivity contribution < 1.29 is 17.2 Å². The first-order valence-corrected chi connectivity index (χ1v) is 9.35. The third kappa shape index (κ3) is 3.42. The summed E-state index contributed by atoms with van der Waals surface area (Å²) in [5, 5.41) is 4.78. The lowest BCUT2D eigenvalue weighted by Crippen LogP contribution is -2.16. The lowest BCUT2D eigenvalue weighted by atomic mass is 10.3. The van der Waals surface area contributed by atoms with Gasteiger partial charge in [0.1, 0.15) is 16.5 Å². The van der Waals surface area contributed by atoms with Crippen LogP contribution in [-0.4, -0.2) is 18.2 Å². The Balaban J connectivity index is 2.06. The van der Waals surface area contributed by atoms with Crippen LogP contribution < -0.4 is 4.72 Å². The number of halogens is 3. The Morgan fingerprint density at radius 3 is 2.38 bits per heavy atom. The van der Waals surface area contributed by atoms with E-state index in [2.05, 4.69) is 9.82 Å². The molecule has 0 radical (unpaired) electrons. The van der Waals surface area contributed by atoms with Crippen LogP contribution in [0.1, 0.15) is 11.4 Å². The summed E-state index contributed by atoms with van der Waals surface area (Å²) in [5.74, 6) is -1.63. The zero-order valence-electron chi connectivity index (χ0n) is 13.8. The van der Waals surface area contributed by atoms with E-state index < -0.39 is 27.3 Å². The molecule has 9 heteroatoms. The van der Waals surface area contributed by atoms with Crippen LogP contribution in [0.25, 0.3) is 5.69 Å². The first kappa shape index (κ1) is 18.3. The normalized spacial score (nSPS) is 11.6. The molecular weight excluding hydrogens is 384 g/mol. The van der Waals surface area contributed by atoms with E-state index in [1.54, 1.807) is 31.2 Å². The van der Waals surface area contributed by atoms with Gasteiger partial charge in [0.25, 0.3) is 10.0 Å². The van der Waals surface area contributed by atoms with Crippen molar-refractivity contribution in [3.63, 3.8) is 0 Å². The average molecular weight is 398 g/mol. The number of benzene rings is 2. The minimum atomic E-state index is -4.18. The summed E-state index contributed by atoms with van der Waals surface area (Å²) in [5.41, 5.74) is 0.701. The van der Waals surface area contributed by atoms with Crippen LogP contribution in [-0.2, 0) is 10.0 Å². The van der Waals surface area contributed by atoms with Gasteiger partial charge in [-0.25, -0.2) is 21.9 Å². The molecule has 1 N–H and O–H groups in total. The van der Waals surface area contributed by atoms with Crippen LogP contribution in [0.3, 0.4) is 0 Å². The number of hydrogen-bond acceptors (Lipinski definition) is 3. The first-order valence-electron chi connectivity index (χ1n) is 7.49. The van der Waals surface area contributed by atoms with Crippen LogP contribution in [0.5, 0.6) is 0 Å². The zero-order valence-corrected chi connectivity index (χ0v) is 15.4. The quantitative estimate of drug-likeness (QED) is 0.716. The van der Waals surface area contributed by atoms with E-state index in [0.29, 0.717) is 16.4 Å². The molecule has 0 saturated carbocycles. The molecule has 26 heavy (non-hydrogen) atoms. The molecule has 5 nitrogen and oxygen atoms in total. The van der Waals surface area contributed by atoms with Crippen molar-refractivity contribution in [2.75, 3.05) is 4.72 Å². The highest BCUT2D eigenvalue weighted by Crippen LogP contribution is 2.26. The maximum absolute atomic E-state index is 13.8. The topological polar surface area (TPSA) is 64.0 Å². The van der Waals surface area contributed by atoms with Crippen molar-refractivity contribution in [2.45, 2.75) is 18.7 Å². The van der Waals surface area contributed by atoms with Gasteiger partial charge >= 0.3 is 0 Å². The van der Waals surface area contributed by atoms with E-state index >= 15 is 0 Å². The fourth-order valence-corrected chi connectivity index (χ4v) is 4.20. The molecule has 0 amide bonds. The minimum Gasteiger partial charge on any atom is -0.276 e. The second-order valence-corrected chi connectivity index (χ2v) is 7.67. The van der Waals surface area contributed by atoms with Gasteiger partial charge in [-0.2, -0.15) is 5.10 Å². The number of aryl methyl sites for hydroxylation is 1. The molecule has 1 heterocycles. The summed E-state index contributed by atoms with van der Waals surface area (Å²) in [6.07, 6.45) is 0. The molecular formula is C17H14ClF2N3O2S. The summed E-state index contributed by atoms with van der Waals surface area (Å²) in [4.78, 5) is -0.101. The van der Waals surface area contributed by atoms with E-state index in [1.807, 2.05) is 0 Å². The lowest BCUT2D eigenvalue weighted by Gasteiger charge is -2.10. The van der Waals surface area contributed by atoms with Crippen LogP contribution in [0, 0.1) is 25.5 Å². The van der Waals surface area contributed by atoms with E-state index in [-0.39, 0.29) is 10.6 Å². The molecule has 0 fully saturated rings. The zero-order chi connectivity index (χ0) is 19.1. The van der Waals surface area contributed by atoms with E-state index in [9.17, 15) is 17.2 Å². The SMILES string of the molecule is Cc1nn(-c2ccc(Cl)cc2)c(C)c1S(=O)(=O)Nc1cc(F)ccc1F. The Bertz CT molecular complexity index is 1080. The smallest absolute Gasteiger partial charge is 0.265 e. The third-order valence-electron chi connectivity index (χ3n) is 3.74. The number of hydrogen-bond donors (Lipinski definition) is 1. The number of aromatic nitrogens is 2. The number of rotatable bonds is 4. The van der Waals surface area contributed by atoms with Crippen molar-refractivity contribution in [3.8, 4) is 5.69 Å². The average Bonchev–Trinajstić information content (AvgIpc) is 2.87. The van der Waals surface area contributed by atoms with Crippen LogP contribution in [0.2, 0.25) is 5.02 Å². The van der Waals surface area contributed by atoms with E-state index in [0.717, 1.165) is 18.2 Å². The summed E-state index contributed by atoms with van der Waals surface area (Å²) < 4.78 is 56.1. The summed E-state index contributed by atoms with van der Waals surface area (Å²) in [7, 11) is -4.18. The molecule has 1 aromatic heterocycles. The Morgan fingerprint density at radius 1 is 1.08 bits per heavy atom. The first-order chi connectivity index (χ1) is 12.2. The van der Waals surface area contributed by atoms with Gasteiger partial charge in [0, 0.05) is 11.1 Å². The number of anilines is 1. The van der Waals surface area contributed by atoms with Gasteiger partial charge in [0.15, 0.2) is 0 Å². The van der Waals surface area contributed by atoms with Crippen molar-refractivity contribution in [3.05, 3.63) is 70.5 Å². The molecule has 0 aliphatic heterocycles. The van der Waals surface area contributed by atoms with Crippen LogP contribution in [0.4, 0.5) is 14.5 Å². The largest absolute Gasteiger partial charge is 0.276 e. The predicted molar refractivity (Wildman–Crippen MR) is 95.2 cm³/mol. The highest BCUT2D eigenvalue weighted by molar-refractivity contribution is 7.92. The monoisotopic (exact) mass is 397 g/mol. The summed E-state index contributed by atoms with van der Waals surface area (Å²) in [6.45, 7) is 3.10. The molecule has 0 atom stereocenters. The minimum absolute atomic E-state index is 0.101. The Hall–Kier alpha value is -2.45.